The second-order valence-corrected chi connectivity index (χ2v) is 9.92. The molecule has 1 aliphatic carbocycles. The van der Waals surface area contributed by atoms with Crippen LogP contribution in [0.15, 0.2) is 0 Å². The molecule has 0 aliphatic heterocycles. The van der Waals surface area contributed by atoms with Gasteiger partial charge in [0.25, 0.3) is 0 Å². The van der Waals surface area contributed by atoms with Crippen LogP contribution in [-0.2, 0) is 0 Å². The van der Waals surface area contributed by atoms with Gasteiger partial charge in [0.05, 0.1) is 0 Å². The van der Waals surface area contributed by atoms with Crippen LogP contribution in [-0.4, -0.2) is 0 Å². The van der Waals surface area contributed by atoms with Crippen molar-refractivity contribution in [2.45, 2.75) is 137 Å². The fourth-order valence-corrected chi connectivity index (χ4v) is 4.26. The highest BCUT2D eigenvalue weighted by atomic mass is 14.2. The Kier molecular flexibility index (Phi) is 10.6. The van der Waals surface area contributed by atoms with Gasteiger partial charge < -0.3 is 0 Å². The van der Waals surface area contributed by atoms with E-state index < -0.39 is 0 Å². The van der Waals surface area contributed by atoms with Crippen molar-refractivity contribution < 1.29 is 0 Å². The zero-order valence-corrected chi connectivity index (χ0v) is 17.0. The molecule has 23 heavy (non-hydrogen) atoms. The minimum Gasteiger partial charge on any atom is -0.0599 e. The Morgan fingerprint density at radius 1 is 0.304 bits per heavy atom. The molecule has 0 N–H and O–H groups in total. The Hall–Kier alpha value is 0. The van der Waals surface area contributed by atoms with Crippen LogP contribution in [0.2, 0.25) is 0 Å². The number of hydrogen-bond donors (Lipinski definition) is 0. The van der Waals surface area contributed by atoms with Crippen molar-refractivity contribution in [1.82, 2.24) is 0 Å². The van der Waals surface area contributed by atoms with Crippen LogP contribution < -0.4 is 0 Å². The maximum absolute atomic E-state index is 2.50. The summed E-state index contributed by atoms with van der Waals surface area (Å²) in [5.74, 6) is 0. The summed E-state index contributed by atoms with van der Waals surface area (Å²) >= 11 is 0. The van der Waals surface area contributed by atoms with Crippen molar-refractivity contribution in [1.29, 1.82) is 0 Å². The van der Waals surface area contributed by atoms with E-state index in [0.717, 1.165) is 0 Å². The molecule has 0 nitrogen and oxygen atoms in total. The summed E-state index contributed by atoms with van der Waals surface area (Å²) in [6.45, 7) is 9.99. The summed E-state index contributed by atoms with van der Waals surface area (Å²) in [6.07, 6.45) is 24.8. The molecule has 1 fully saturated rings. The van der Waals surface area contributed by atoms with Gasteiger partial charge in [0.2, 0.25) is 0 Å². The third kappa shape index (κ3) is 12.1. The van der Waals surface area contributed by atoms with Gasteiger partial charge in [0, 0.05) is 0 Å². The van der Waals surface area contributed by atoms with E-state index in [0.29, 0.717) is 10.8 Å². The van der Waals surface area contributed by atoms with Gasteiger partial charge in [-0.3, -0.25) is 0 Å². The second-order valence-electron chi connectivity index (χ2n) is 9.92. The summed E-state index contributed by atoms with van der Waals surface area (Å²) in [4.78, 5) is 0. The minimum absolute atomic E-state index is 0.590. The molecule has 0 bridgehead atoms. The fourth-order valence-electron chi connectivity index (χ4n) is 4.26. The van der Waals surface area contributed by atoms with E-state index >= 15 is 0 Å². The van der Waals surface area contributed by atoms with E-state index in [1.54, 1.807) is 0 Å². The molecule has 0 saturated heterocycles. The van der Waals surface area contributed by atoms with E-state index in [9.17, 15) is 0 Å². The molecule has 1 saturated carbocycles. The van der Waals surface area contributed by atoms with Crippen molar-refractivity contribution in [3.8, 4) is 0 Å². The highest BCUT2D eigenvalue weighted by molar-refractivity contribution is 4.70. The van der Waals surface area contributed by atoms with Crippen LogP contribution in [0.3, 0.4) is 0 Å². The molecule has 0 heteroatoms. The molecule has 1 rings (SSSR count). The molecular formula is C23H46. The van der Waals surface area contributed by atoms with E-state index in [-0.39, 0.29) is 0 Å². The first-order chi connectivity index (χ1) is 10.9. The van der Waals surface area contributed by atoms with E-state index in [2.05, 4.69) is 27.7 Å². The monoisotopic (exact) mass is 322 g/mol. The molecule has 138 valence electrons. The zero-order chi connectivity index (χ0) is 17.0. The van der Waals surface area contributed by atoms with E-state index in [1.807, 2.05) is 0 Å². The average Bonchev–Trinajstić information content (AvgIpc) is 2.47. The van der Waals surface area contributed by atoms with Crippen LogP contribution in [0.1, 0.15) is 137 Å². The summed E-state index contributed by atoms with van der Waals surface area (Å²) < 4.78 is 0. The first-order valence-corrected chi connectivity index (χ1v) is 10.9. The Morgan fingerprint density at radius 2 is 0.478 bits per heavy atom. The average molecular weight is 323 g/mol. The Labute approximate surface area is 148 Å². The van der Waals surface area contributed by atoms with Gasteiger partial charge in [-0.1, -0.05) is 111 Å². The van der Waals surface area contributed by atoms with Crippen LogP contribution in [0.5, 0.6) is 0 Å². The van der Waals surface area contributed by atoms with Crippen LogP contribution in [0.4, 0.5) is 0 Å². The van der Waals surface area contributed by atoms with Crippen molar-refractivity contribution >= 4 is 0 Å². The molecule has 0 aromatic rings. The van der Waals surface area contributed by atoms with Crippen molar-refractivity contribution in [3.05, 3.63) is 0 Å². The van der Waals surface area contributed by atoms with Crippen LogP contribution >= 0.6 is 0 Å². The van der Waals surface area contributed by atoms with Crippen molar-refractivity contribution in [2.75, 3.05) is 0 Å². The largest absolute Gasteiger partial charge is 0.0599 e. The quantitative estimate of drug-likeness (QED) is 0.418. The standard InChI is InChI=1S/C23H46/c1-22(2)18-14-10-6-5-7-11-15-19-23(3,4)21-17-13-9-8-12-16-20-22/h5-21H2,1-4H3. The van der Waals surface area contributed by atoms with Gasteiger partial charge in [-0.2, -0.15) is 0 Å². The summed E-state index contributed by atoms with van der Waals surface area (Å²) in [5.41, 5.74) is 1.18. The molecule has 0 unspecified atom stereocenters. The maximum atomic E-state index is 2.50. The first kappa shape index (κ1) is 21.0. The molecular weight excluding hydrogens is 276 g/mol. The lowest BCUT2D eigenvalue weighted by Crippen LogP contribution is -2.11. The third-order valence-electron chi connectivity index (χ3n) is 6.16. The molecule has 0 aromatic heterocycles. The lowest BCUT2D eigenvalue weighted by Gasteiger charge is -2.24. The van der Waals surface area contributed by atoms with Gasteiger partial charge >= 0.3 is 0 Å². The normalized spacial score (nSPS) is 26.6. The summed E-state index contributed by atoms with van der Waals surface area (Å²) in [5, 5.41) is 0. The van der Waals surface area contributed by atoms with Crippen LogP contribution in [0.25, 0.3) is 0 Å². The van der Waals surface area contributed by atoms with Gasteiger partial charge in [-0.25, -0.2) is 0 Å². The predicted octanol–water partition coefficient (Wildman–Crippen LogP) is 8.68. The van der Waals surface area contributed by atoms with E-state index in [4.69, 9.17) is 0 Å². The lowest BCUT2D eigenvalue weighted by atomic mass is 9.81. The highest BCUT2D eigenvalue weighted by Crippen LogP contribution is 2.32. The van der Waals surface area contributed by atoms with Crippen molar-refractivity contribution in [2.24, 2.45) is 10.8 Å². The summed E-state index contributed by atoms with van der Waals surface area (Å²) in [6, 6.07) is 0. The first-order valence-electron chi connectivity index (χ1n) is 10.9. The van der Waals surface area contributed by atoms with Gasteiger partial charge in [0.1, 0.15) is 0 Å². The Balaban J connectivity index is 2.31. The van der Waals surface area contributed by atoms with Gasteiger partial charge in [-0.15, -0.1) is 0 Å². The SMILES string of the molecule is CC1(C)CCCCCCCCCC(C)(C)CCCCCCCC1. The molecule has 0 spiro atoms. The third-order valence-corrected chi connectivity index (χ3v) is 6.16. The van der Waals surface area contributed by atoms with Gasteiger partial charge in [0.15, 0.2) is 0 Å². The zero-order valence-electron chi connectivity index (χ0n) is 17.0. The molecule has 0 amide bonds. The topological polar surface area (TPSA) is 0 Å². The molecule has 0 heterocycles. The Morgan fingerprint density at radius 3 is 0.696 bits per heavy atom. The van der Waals surface area contributed by atoms with Crippen molar-refractivity contribution in [3.63, 3.8) is 0 Å². The molecule has 0 aromatic carbocycles. The molecule has 1 aliphatic rings. The smallest absolute Gasteiger partial charge is 0.0354 e. The fraction of sp³-hybridized carbons (Fsp3) is 1.00. The summed E-state index contributed by atoms with van der Waals surface area (Å²) in [7, 11) is 0. The maximum Gasteiger partial charge on any atom is -0.0354 e. The second kappa shape index (κ2) is 11.5. The Bertz CT molecular complexity index is 246. The molecule has 0 atom stereocenters. The molecule has 0 radical (unpaired) electrons. The predicted molar refractivity (Wildman–Crippen MR) is 106 cm³/mol. The van der Waals surface area contributed by atoms with Gasteiger partial charge in [-0.05, 0) is 36.5 Å². The van der Waals surface area contributed by atoms with Crippen LogP contribution in [0, 0.1) is 10.8 Å². The number of rotatable bonds is 0. The highest BCUT2D eigenvalue weighted by Gasteiger charge is 2.18. The van der Waals surface area contributed by atoms with E-state index in [1.165, 1.54) is 109 Å². The minimum atomic E-state index is 0.590. The lowest BCUT2D eigenvalue weighted by molar-refractivity contribution is 0.280. The number of hydrogen-bond acceptors (Lipinski definition) is 0.